The van der Waals surface area contributed by atoms with Gasteiger partial charge >= 0.3 is 0 Å². The maximum atomic E-state index is 13.3. The summed E-state index contributed by atoms with van der Waals surface area (Å²) < 4.78 is 6.86. The molecule has 1 aromatic heterocycles. The second-order valence-electron chi connectivity index (χ2n) is 7.91. The molecule has 1 fully saturated rings. The van der Waals surface area contributed by atoms with Crippen LogP contribution in [0.2, 0.25) is 0 Å². The van der Waals surface area contributed by atoms with Crippen LogP contribution in [-0.2, 0) is 0 Å². The molecule has 3 aromatic carbocycles. The third-order valence-corrected chi connectivity index (χ3v) is 6.85. The number of furan rings is 1. The third kappa shape index (κ3) is 3.25. The van der Waals surface area contributed by atoms with Crippen molar-refractivity contribution in [3.05, 3.63) is 64.6 Å². The molecule has 0 aliphatic heterocycles. The highest BCUT2D eigenvalue weighted by atomic mass is 79.9. The smallest absolute Gasteiger partial charge is 0.167 e. The highest BCUT2D eigenvalue weighted by Gasteiger charge is 2.26. The van der Waals surface area contributed by atoms with Crippen molar-refractivity contribution in [2.45, 2.75) is 32.1 Å². The monoisotopic (exact) mass is 448 g/mol. The summed E-state index contributed by atoms with van der Waals surface area (Å²) in [5.41, 5.74) is 2.31. The molecule has 0 saturated heterocycles. The van der Waals surface area contributed by atoms with Gasteiger partial charge in [0.15, 0.2) is 5.78 Å². The molecule has 0 bridgehead atoms. The first-order valence-electron chi connectivity index (χ1n) is 10.1. The van der Waals surface area contributed by atoms with Gasteiger partial charge in [0.25, 0.3) is 0 Å². The van der Waals surface area contributed by atoms with Crippen LogP contribution in [0.3, 0.4) is 0 Å². The van der Waals surface area contributed by atoms with Crippen LogP contribution in [0.15, 0.2) is 63.5 Å². The van der Waals surface area contributed by atoms with E-state index < -0.39 is 0 Å². The standard InChI is InChI=1S/C25H21BrO3/c26-24-18-11-9-17(14-16(18)10-12-20(24)27)25-23(19-7-3-4-8-22(19)29-25)21(28)13-15-5-1-2-6-15/h3-4,7-12,14-15,27H,1-2,5-6,13H2. The summed E-state index contributed by atoms with van der Waals surface area (Å²) in [5, 5.41) is 12.7. The second-order valence-corrected chi connectivity index (χ2v) is 8.71. The minimum atomic E-state index is 0.170. The lowest BCUT2D eigenvalue weighted by Gasteiger charge is -2.09. The van der Waals surface area contributed by atoms with Crippen molar-refractivity contribution in [2.75, 3.05) is 0 Å². The number of rotatable bonds is 4. The van der Waals surface area contributed by atoms with E-state index in [4.69, 9.17) is 4.42 Å². The zero-order valence-corrected chi connectivity index (χ0v) is 17.5. The van der Waals surface area contributed by atoms with E-state index >= 15 is 0 Å². The van der Waals surface area contributed by atoms with Gasteiger partial charge in [0.1, 0.15) is 17.1 Å². The molecule has 0 spiro atoms. The highest BCUT2D eigenvalue weighted by Crippen LogP contribution is 2.39. The Morgan fingerprint density at radius 2 is 1.83 bits per heavy atom. The predicted octanol–water partition coefficient (Wildman–Crippen LogP) is 7.48. The maximum Gasteiger partial charge on any atom is 0.167 e. The summed E-state index contributed by atoms with van der Waals surface area (Å²) in [5.74, 6) is 1.50. The van der Waals surface area contributed by atoms with Crippen molar-refractivity contribution in [3.63, 3.8) is 0 Å². The minimum absolute atomic E-state index is 0.170. The quantitative estimate of drug-likeness (QED) is 0.329. The van der Waals surface area contributed by atoms with E-state index in [2.05, 4.69) is 15.9 Å². The van der Waals surface area contributed by atoms with Gasteiger partial charge < -0.3 is 9.52 Å². The van der Waals surface area contributed by atoms with Gasteiger partial charge in [-0.15, -0.1) is 0 Å². The first kappa shape index (κ1) is 18.4. The molecule has 0 radical (unpaired) electrons. The predicted molar refractivity (Wildman–Crippen MR) is 119 cm³/mol. The number of phenolic OH excluding ortho intramolecular Hbond substituents is 1. The molecule has 1 aliphatic rings. The number of para-hydroxylation sites is 1. The van der Waals surface area contributed by atoms with Gasteiger partial charge in [-0.05, 0) is 50.8 Å². The van der Waals surface area contributed by atoms with E-state index in [0.717, 1.165) is 40.1 Å². The Bertz CT molecular complexity index is 1230. The molecular formula is C25H21BrO3. The van der Waals surface area contributed by atoms with Crippen LogP contribution in [0, 0.1) is 5.92 Å². The van der Waals surface area contributed by atoms with Gasteiger partial charge in [-0.25, -0.2) is 0 Å². The van der Waals surface area contributed by atoms with E-state index in [9.17, 15) is 9.90 Å². The van der Waals surface area contributed by atoms with Gasteiger partial charge in [-0.2, -0.15) is 0 Å². The fraction of sp³-hybridized carbons (Fsp3) is 0.240. The summed E-state index contributed by atoms with van der Waals surface area (Å²) >= 11 is 3.45. The largest absolute Gasteiger partial charge is 0.507 e. The van der Waals surface area contributed by atoms with E-state index in [1.807, 2.05) is 48.5 Å². The fourth-order valence-corrected chi connectivity index (χ4v) is 5.02. The summed E-state index contributed by atoms with van der Waals surface area (Å²) in [4.78, 5) is 13.3. The van der Waals surface area contributed by atoms with Gasteiger partial charge in [0.2, 0.25) is 0 Å². The number of aromatic hydroxyl groups is 1. The average Bonchev–Trinajstić information content (AvgIpc) is 3.38. The number of fused-ring (bicyclic) bond motifs is 2. The lowest BCUT2D eigenvalue weighted by atomic mass is 9.93. The van der Waals surface area contributed by atoms with Crippen LogP contribution < -0.4 is 0 Å². The molecule has 0 amide bonds. The lowest BCUT2D eigenvalue weighted by Crippen LogP contribution is -2.06. The Hall–Kier alpha value is -2.59. The van der Waals surface area contributed by atoms with Crippen LogP contribution >= 0.6 is 15.9 Å². The fourth-order valence-electron chi connectivity index (χ4n) is 4.53. The second kappa shape index (κ2) is 7.34. The molecule has 5 rings (SSSR count). The molecule has 1 N–H and O–H groups in total. The van der Waals surface area contributed by atoms with Crippen LogP contribution in [0.5, 0.6) is 5.75 Å². The average molecular weight is 449 g/mol. The zero-order chi connectivity index (χ0) is 20.0. The molecular weight excluding hydrogens is 428 g/mol. The molecule has 1 aliphatic carbocycles. The zero-order valence-electron chi connectivity index (χ0n) is 16.0. The van der Waals surface area contributed by atoms with Crippen molar-refractivity contribution >= 4 is 43.5 Å². The van der Waals surface area contributed by atoms with Gasteiger partial charge in [0.05, 0.1) is 10.0 Å². The number of carbonyl (C=O) groups excluding carboxylic acids is 1. The first-order valence-corrected chi connectivity index (χ1v) is 10.9. The number of Topliss-reactive ketones (excluding diaryl/α,β-unsaturated/α-hetero) is 1. The minimum Gasteiger partial charge on any atom is -0.507 e. The summed E-state index contributed by atoms with van der Waals surface area (Å²) in [6.07, 6.45) is 5.32. The Morgan fingerprint density at radius 1 is 1.03 bits per heavy atom. The Balaban J connectivity index is 1.65. The number of phenols is 1. The van der Waals surface area contributed by atoms with Crippen molar-refractivity contribution in [2.24, 2.45) is 5.92 Å². The maximum absolute atomic E-state index is 13.3. The number of ketones is 1. The normalized spacial score (nSPS) is 14.8. The molecule has 4 heteroatoms. The van der Waals surface area contributed by atoms with Crippen molar-refractivity contribution in [3.8, 4) is 17.1 Å². The van der Waals surface area contributed by atoms with Crippen LogP contribution in [0.4, 0.5) is 0 Å². The molecule has 1 heterocycles. The SMILES string of the molecule is O=C(CC1CCCC1)c1c(-c2ccc3c(Br)c(O)ccc3c2)oc2ccccc12. The number of halogens is 1. The third-order valence-electron chi connectivity index (χ3n) is 6.02. The van der Waals surface area contributed by atoms with Crippen LogP contribution in [-0.4, -0.2) is 10.9 Å². The van der Waals surface area contributed by atoms with E-state index in [1.54, 1.807) is 6.07 Å². The van der Waals surface area contributed by atoms with Crippen molar-refractivity contribution < 1.29 is 14.3 Å². The highest BCUT2D eigenvalue weighted by molar-refractivity contribution is 9.10. The van der Waals surface area contributed by atoms with Crippen LogP contribution in [0.25, 0.3) is 33.1 Å². The molecule has 4 aromatic rings. The van der Waals surface area contributed by atoms with E-state index in [-0.39, 0.29) is 11.5 Å². The molecule has 0 unspecified atom stereocenters. The molecule has 1 saturated carbocycles. The molecule has 146 valence electrons. The number of hydrogen-bond donors (Lipinski definition) is 1. The summed E-state index contributed by atoms with van der Waals surface area (Å²) in [7, 11) is 0. The van der Waals surface area contributed by atoms with Crippen molar-refractivity contribution in [1.29, 1.82) is 0 Å². The first-order chi connectivity index (χ1) is 14.1. The topological polar surface area (TPSA) is 50.4 Å². The van der Waals surface area contributed by atoms with Gasteiger partial charge in [0, 0.05) is 17.4 Å². The van der Waals surface area contributed by atoms with Gasteiger partial charge in [-0.3, -0.25) is 4.79 Å². The van der Waals surface area contributed by atoms with E-state index in [0.29, 0.717) is 28.1 Å². The Labute approximate surface area is 177 Å². The summed E-state index contributed by atoms with van der Waals surface area (Å²) in [6, 6.07) is 17.2. The number of hydrogen-bond acceptors (Lipinski definition) is 3. The number of benzene rings is 3. The molecule has 29 heavy (non-hydrogen) atoms. The van der Waals surface area contributed by atoms with Crippen molar-refractivity contribution in [1.82, 2.24) is 0 Å². The van der Waals surface area contributed by atoms with Crippen LogP contribution in [0.1, 0.15) is 42.5 Å². The Morgan fingerprint density at radius 3 is 2.66 bits per heavy atom. The summed E-state index contributed by atoms with van der Waals surface area (Å²) in [6.45, 7) is 0. The molecule has 3 nitrogen and oxygen atoms in total. The Kier molecular flexibility index (Phi) is 4.67. The van der Waals surface area contributed by atoms with E-state index in [1.165, 1.54) is 12.8 Å². The lowest BCUT2D eigenvalue weighted by molar-refractivity contribution is 0.0963. The van der Waals surface area contributed by atoms with Gasteiger partial charge in [-0.1, -0.05) is 62.1 Å². The molecule has 0 atom stereocenters. The number of carbonyl (C=O) groups is 1.